The molecule has 0 spiro atoms. The molecule has 0 atom stereocenters. The number of anilines is 1. The van der Waals surface area contributed by atoms with Crippen molar-refractivity contribution in [3.05, 3.63) is 63.5 Å². The van der Waals surface area contributed by atoms with Crippen LogP contribution in [0.25, 0.3) is 10.1 Å². The molecule has 0 saturated heterocycles. The Bertz CT molecular complexity index is 908. The summed E-state index contributed by atoms with van der Waals surface area (Å²) in [6.07, 6.45) is 0. The van der Waals surface area contributed by atoms with Crippen molar-refractivity contribution in [3.8, 4) is 0 Å². The average Bonchev–Trinajstić information content (AvgIpc) is 3.00. The van der Waals surface area contributed by atoms with Crippen LogP contribution in [0.2, 0.25) is 5.02 Å². The molecule has 0 fully saturated rings. The lowest BCUT2D eigenvalue weighted by atomic mass is 10.1. The van der Waals surface area contributed by atoms with Crippen LogP contribution in [0.1, 0.15) is 20.8 Å². The Hall–Kier alpha value is -2.37. The lowest BCUT2D eigenvalue weighted by molar-refractivity contribution is -0.119. The monoisotopic (exact) mass is 373 g/mol. The molecule has 1 N–H and O–H groups in total. The van der Waals surface area contributed by atoms with Crippen molar-refractivity contribution in [2.24, 2.45) is 0 Å². The lowest BCUT2D eigenvalue weighted by Gasteiger charge is -2.11. The molecule has 6 heteroatoms. The quantitative estimate of drug-likeness (QED) is 0.657. The fraction of sp³-hybridized carbons (Fsp3) is 0.158. The van der Waals surface area contributed by atoms with E-state index in [0.29, 0.717) is 15.6 Å². The highest BCUT2D eigenvalue weighted by Gasteiger charge is 2.15. The number of rotatable bonds is 4. The number of fused-ring (bicyclic) bond motifs is 1. The number of ether oxygens (including phenoxy) is 1. The number of carbonyl (C=O) groups excluding carboxylic acids is 2. The van der Waals surface area contributed by atoms with E-state index in [4.69, 9.17) is 16.3 Å². The van der Waals surface area contributed by atoms with Gasteiger partial charge in [0, 0.05) is 4.70 Å². The minimum absolute atomic E-state index is 0.364. The van der Waals surface area contributed by atoms with Crippen molar-refractivity contribution in [1.29, 1.82) is 0 Å². The van der Waals surface area contributed by atoms with Gasteiger partial charge >= 0.3 is 5.97 Å². The zero-order valence-corrected chi connectivity index (χ0v) is 15.3. The van der Waals surface area contributed by atoms with E-state index in [-0.39, 0.29) is 6.61 Å². The van der Waals surface area contributed by atoms with Gasteiger partial charge in [0.15, 0.2) is 6.61 Å². The third-order valence-corrected chi connectivity index (χ3v) is 5.05. The van der Waals surface area contributed by atoms with Crippen LogP contribution in [0.15, 0.2) is 42.5 Å². The van der Waals surface area contributed by atoms with Crippen molar-refractivity contribution in [3.63, 3.8) is 0 Å². The van der Waals surface area contributed by atoms with Crippen LogP contribution in [0.4, 0.5) is 5.69 Å². The van der Waals surface area contributed by atoms with Crippen LogP contribution < -0.4 is 5.32 Å². The maximum absolute atomic E-state index is 12.1. The highest BCUT2D eigenvalue weighted by atomic mass is 35.5. The molecule has 0 unspecified atom stereocenters. The molecule has 1 amide bonds. The van der Waals surface area contributed by atoms with E-state index >= 15 is 0 Å². The number of esters is 1. The van der Waals surface area contributed by atoms with Crippen molar-refractivity contribution in [2.45, 2.75) is 13.8 Å². The molecule has 1 aromatic heterocycles. The summed E-state index contributed by atoms with van der Waals surface area (Å²) in [5.74, 6) is -0.939. The molecule has 0 bridgehead atoms. The van der Waals surface area contributed by atoms with Gasteiger partial charge in [-0.1, -0.05) is 35.9 Å². The first-order valence-corrected chi connectivity index (χ1v) is 8.86. The van der Waals surface area contributed by atoms with E-state index in [1.165, 1.54) is 11.3 Å². The van der Waals surface area contributed by atoms with Crippen LogP contribution >= 0.6 is 22.9 Å². The topological polar surface area (TPSA) is 55.4 Å². The molecule has 2 aromatic carbocycles. The van der Waals surface area contributed by atoms with Gasteiger partial charge in [0.2, 0.25) is 0 Å². The normalized spacial score (nSPS) is 10.7. The van der Waals surface area contributed by atoms with Gasteiger partial charge in [0.25, 0.3) is 5.91 Å². The Labute approximate surface area is 154 Å². The largest absolute Gasteiger partial charge is 0.451 e. The predicted octanol–water partition coefficient (Wildman–Crippen LogP) is 4.97. The first-order valence-electron chi connectivity index (χ1n) is 7.66. The Morgan fingerprint density at radius 2 is 1.92 bits per heavy atom. The summed E-state index contributed by atoms with van der Waals surface area (Å²) in [4.78, 5) is 24.7. The SMILES string of the molecule is Cc1cc(C)c(NC(=O)COC(=O)c2cc3ccccc3s2)c(Cl)c1. The van der Waals surface area contributed by atoms with Crippen LogP contribution in [-0.4, -0.2) is 18.5 Å². The van der Waals surface area contributed by atoms with Gasteiger partial charge in [-0.05, 0) is 48.6 Å². The van der Waals surface area contributed by atoms with Crippen LogP contribution in [-0.2, 0) is 9.53 Å². The van der Waals surface area contributed by atoms with Gasteiger partial charge in [-0.15, -0.1) is 11.3 Å². The molecule has 4 nitrogen and oxygen atoms in total. The number of halogens is 1. The first kappa shape index (κ1) is 17.5. The summed E-state index contributed by atoms with van der Waals surface area (Å²) in [6, 6.07) is 13.1. The summed E-state index contributed by atoms with van der Waals surface area (Å²) in [5.41, 5.74) is 2.40. The van der Waals surface area contributed by atoms with Crippen molar-refractivity contribution >= 4 is 50.6 Å². The molecular formula is C19H16ClNO3S. The van der Waals surface area contributed by atoms with Gasteiger partial charge in [-0.3, -0.25) is 4.79 Å². The maximum atomic E-state index is 12.1. The number of aryl methyl sites for hydroxylation is 2. The molecule has 0 aliphatic rings. The number of hydrogen-bond acceptors (Lipinski definition) is 4. The summed E-state index contributed by atoms with van der Waals surface area (Å²) in [5, 5.41) is 4.13. The molecule has 0 aliphatic heterocycles. The molecule has 0 saturated carbocycles. The molecule has 128 valence electrons. The number of hydrogen-bond donors (Lipinski definition) is 1. The van der Waals surface area contributed by atoms with Crippen LogP contribution in [0, 0.1) is 13.8 Å². The zero-order chi connectivity index (χ0) is 18.0. The van der Waals surface area contributed by atoms with E-state index in [0.717, 1.165) is 21.2 Å². The molecule has 25 heavy (non-hydrogen) atoms. The second kappa shape index (κ2) is 7.25. The number of carbonyl (C=O) groups is 2. The van der Waals surface area contributed by atoms with Gasteiger partial charge in [0.05, 0.1) is 10.7 Å². The fourth-order valence-electron chi connectivity index (χ4n) is 2.53. The molecule has 0 aliphatic carbocycles. The first-order chi connectivity index (χ1) is 11.9. The van der Waals surface area contributed by atoms with Gasteiger partial charge in [-0.2, -0.15) is 0 Å². The number of thiophene rings is 1. The summed E-state index contributed by atoms with van der Waals surface area (Å²) >= 11 is 7.50. The average molecular weight is 374 g/mol. The minimum atomic E-state index is -0.511. The third-order valence-electron chi connectivity index (χ3n) is 3.66. The summed E-state index contributed by atoms with van der Waals surface area (Å²) in [7, 11) is 0. The standard InChI is InChI=1S/C19H16ClNO3S/c1-11-7-12(2)18(14(20)8-11)21-17(22)10-24-19(23)16-9-13-5-3-4-6-15(13)25-16/h3-9H,10H2,1-2H3,(H,21,22). The van der Waals surface area contributed by atoms with Gasteiger partial charge in [-0.25, -0.2) is 4.79 Å². The predicted molar refractivity (Wildman–Crippen MR) is 102 cm³/mol. The molecular weight excluding hydrogens is 358 g/mol. The highest BCUT2D eigenvalue weighted by Crippen LogP contribution is 2.28. The Balaban J connectivity index is 1.63. The van der Waals surface area contributed by atoms with E-state index in [1.54, 1.807) is 12.1 Å². The smallest absolute Gasteiger partial charge is 0.348 e. The summed E-state index contributed by atoms with van der Waals surface area (Å²) in [6.45, 7) is 3.42. The van der Waals surface area contributed by atoms with Crippen LogP contribution in [0.3, 0.4) is 0 Å². The molecule has 0 radical (unpaired) electrons. The van der Waals surface area contributed by atoms with Gasteiger partial charge < -0.3 is 10.1 Å². The fourth-order valence-corrected chi connectivity index (χ4v) is 3.86. The molecule has 1 heterocycles. The summed E-state index contributed by atoms with van der Waals surface area (Å²) < 4.78 is 6.11. The lowest BCUT2D eigenvalue weighted by Crippen LogP contribution is -2.21. The van der Waals surface area contributed by atoms with E-state index < -0.39 is 11.9 Å². The van der Waals surface area contributed by atoms with Crippen molar-refractivity contribution < 1.29 is 14.3 Å². The maximum Gasteiger partial charge on any atom is 0.348 e. The van der Waals surface area contributed by atoms with Crippen molar-refractivity contribution in [2.75, 3.05) is 11.9 Å². The number of benzene rings is 2. The van der Waals surface area contributed by atoms with Gasteiger partial charge in [0.1, 0.15) is 4.88 Å². The minimum Gasteiger partial charge on any atom is -0.451 e. The second-order valence-corrected chi connectivity index (χ2v) is 7.20. The number of amides is 1. The second-order valence-electron chi connectivity index (χ2n) is 5.71. The van der Waals surface area contributed by atoms with E-state index in [9.17, 15) is 9.59 Å². The number of nitrogens with one attached hydrogen (secondary N) is 1. The Morgan fingerprint density at radius 3 is 2.64 bits per heavy atom. The van der Waals surface area contributed by atoms with Crippen LogP contribution in [0.5, 0.6) is 0 Å². The Morgan fingerprint density at radius 1 is 1.16 bits per heavy atom. The van der Waals surface area contributed by atoms with Crippen molar-refractivity contribution in [1.82, 2.24) is 0 Å². The van der Waals surface area contributed by atoms with E-state index in [1.807, 2.05) is 44.2 Å². The highest BCUT2D eigenvalue weighted by molar-refractivity contribution is 7.20. The van der Waals surface area contributed by atoms with E-state index in [2.05, 4.69) is 5.32 Å². The molecule has 3 aromatic rings. The third kappa shape index (κ3) is 4.00. The molecule has 3 rings (SSSR count). The Kier molecular flexibility index (Phi) is 5.06. The zero-order valence-electron chi connectivity index (χ0n) is 13.8.